The molecule has 1 atom stereocenters. The fourth-order valence-electron chi connectivity index (χ4n) is 1.13. The molecule has 4 N–H and O–H groups in total. The Labute approximate surface area is 94.2 Å². The van der Waals surface area contributed by atoms with Crippen molar-refractivity contribution in [1.82, 2.24) is 5.32 Å². The lowest BCUT2D eigenvalue weighted by Gasteiger charge is -2.06. The maximum atomic E-state index is 11.0. The van der Waals surface area contributed by atoms with Gasteiger partial charge in [0.2, 0.25) is 5.91 Å². The molecule has 0 saturated carbocycles. The van der Waals surface area contributed by atoms with Crippen LogP contribution in [0.5, 0.6) is 0 Å². The van der Waals surface area contributed by atoms with Crippen LogP contribution in [-0.4, -0.2) is 35.4 Å². The fraction of sp³-hybridized carbons (Fsp3) is 0.700. The number of hydrogen-bond acceptors (Lipinski definition) is 4. The number of Topliss-reactive ketones (excluding diaryl/α,β-unsaturated/α-hetero) is 1. The highest BCUT2D eigenvalue weighted by atomic mass is 16.4. The van der Waals surface area contributed by atoms with Crippen LogP contribution in [0, 0.1) is 0 Å². The maximum absolute atomic E-state index is 11.0. The predicted molar refractivity (Wildman–Crippen MR) is 57.8 cm³/mol. The Balaban J connectivity index is 3.43. The molecule has 0 aromatic rings. The molecule has 0 aliphatic heterocycles. The van der Waals surface area contributed by atoms with Gasteiger partial charge in [0.1, 0.15) is 11.8 Å². The minimum atomic E-state index is -1.01. The summed E-state index contributed by atoms with van der Waals surface area (Å²) in [6, 6.07) is -0.840. The van der Waals surface area contributed by atoms with Crippen LogP contribution in [0.1, 0.15) is 32.6 Å². The van der Waals surface area contributed by atoms with Crippen molar-refractivity contribution in [2.75, 3.05) is 6.54 Å². The number of rotatable bonds is 8. The molecule has 0 unspecified atom stereocenters. The lowest BCUT2D eigenvalue weighted by Crippen LogP contribution is -2.30. The summed E-state index contributed by atoms with van der Waals surface area (Å²) >= 11 is 0. The SMILES string of the molecule is CC(=O)CC(=O)NCCCC[C@H](N)C(=O)O. The Hall–Kier alpha value is -1.43. The molecule has 0 fully saturated rings. The maximum Gasteiger partial charge on any atom is 0.320 e. The summed E-state index contributed by atoms with van der Waals surface area (Å²) in [5.41, 5.74) is 5.29. The highest BCUT2D eigenvalue weighted by Gasteiger charge is 2.10. The molecule has 0 aliphatic rings. The van der Waals surface area contributed by atoms with E-state index in [9.17, 15) is 14.4 Å². The molecule has 92 valence electrons. The van der Waals surface area contributed by atoms with Gasteiger partial charge in [-0.05, 0) is 26.2 Å². The molecule has 0 aromatic heterocycles. The fourth-order valence-corrected chi connectivity index (χ4v) is 1.13. The van der Waals surface area contributed by atoms with E-state index in [4.69, 9.17) is 10.8 Å². The van der Waals surface area contributed by atoms with Crippen molar-refractivity contribution in [1.29, 1.82) is 0 Å². The first kappa shape index (κ1) is 14.6. The van der Waals surface area contributed by atoms with E-state index in [-0.39, 0.29) is 18.1 Å². The lowest BCUT2D eigenvalue weighted by molar-refractivity contribution is -0.138. The van der Waals surface area contributed by atoms with E-state index >= 15 is 0 Å². The third-order valence-electron chi connectivity index (χ3n) is 1.99. The third kappa shape index (κ3) is 7.93. The van der Waals surface area contributed by atoms with Crippen LogP contribution in [0.25, 0.3) is 0 Å². The number of carboxylic acids is 1. The smallest absolute Gasteiger partial charge is 0.320 e. The number of hydrogen-bond donors (Lipinski definition) is 3. The Morgan fingerprint density at radius 3 is 2.44 bits per heavy atom. The van der Waals surface area contributed by atoms with Gasteiger partial charge in [-0.3, -0.25) is 14.4 Å². The van der Waals surface area contributed by atoms with E-state index in [1.54, 1.807) is 0 Å². The Morgan fingerprint density at radius 2 is 1.94 bits per heavy atom. The number of unbranched alkanes of at least 4 members (excludes halogenated alkanes) is 1. The van der Waals surface area contributed by atoms with Crippen LogP contribution in [0.4, 0.5) is 0 Å². The van der Waals surface area contributed by atoms with Gasteiger partial charge >= 0.3 is 5.97 Å². The first-order valence-electron chi connectivity index (χ1n) is 5.18. The number of aliphatic carboxylic acids is 1. The second kappa shape index (κ2) is 7.81. The van der Waals surface area contributed by atoms with Crippen molar-refractivity contribution in [3.8, 4) is 0 Å². The van der Waals surface area contributed by atoms with Crippen molar-refractivity contribution in [2.45, 2.75) is 38.6 Å². The Bertz CT molecular complexity index is 266. The van der Waals surface area contributed by atoms with E-state index in [1.807, 2.05) is 0 Å². The molecule has 6 heteroatoms. The number of carboxylic acid groups (broad SMARTS) is 1. The second-order valence-electron chi connectivity index (χ2n) is 3.67. The van der Waals surface area contributed by atoms with E-state index in [1.165, 1.54) is 6.92 Å². The van der Waals surface area contributed by atoms with Crippen LogP contribution >= 0.6 is 0 Å². The minimum Gasteiger partial charge on any atom is -0.480 e. The molecular formula is C10H18N2O4. The average Bonchev–Trinajstić information content (AvgIpc) is 2.15. The topological polar surface area (TPSA) is 109 Å². The molecule has 16 heavy (non-hydrogen) atoms. The third-order valence-corrected chi connectivity index (χ3v) is 1.99. The van der Waals surface area contributed by atoms with Crippen LogP contribution in [0.2, 0.25) is 0 Å². The van der Waals surface area contributed by atoms with Gasteiger partial charge in [-0.1, -0.05) is 0 Å². The monoisotopic (exact) mass is 230 g/mol. The van der Waals surface area contributed by atoms with Gasteiger partial charge in [-0.2, -0.15) is 0 Å². The molecule has 0 bridgehead atoms. The van der Waals surface area contributed by atoms with Crippen molar-refractivity contribution >= 4 is 17.7 Å². The quantitative estimate of drug-likeness (QED) is 0.390. The molecule has 0 saturated heterocycles. The predicted octanol–water partition coefficient (Wildman–Crippen LogP) is -0.336. The molecule has 0 aliphatic carbocycles. The largest absolute Gasteiger partial charge is 0.480 e. The summed E-state index contributed by atoms with van der Waals surface area (Å²) < 4.78 is 0. The zero-order chi connectivity index (χ0) is 12.6. The summed E-state index contributed by atoms with van der Waals surface area (Å²) in [5, 5.41) is 11.1. The Morgan fingerprint density at radius 1 is 1.31 bits per heavy atom. The molecule has 0 rings (SSSR count). The number of carbonyl (C=O) groups excluding carboxylic acids is 2. The Kier molecular flexibility index (Phi) is 7.11. The molecule has 0 radical (unpaired) electrons. The standard InChI is InChI=1S/C10H18N2O4/c1-7(13)6-9(14)12-5-3-2-4-8(11)10(15)16/h8H,2-6,11H2,1H3,(H,12,14)(H,15,16)/t8-/m0/s1. The van der Waals surface area contributed by atoms with Crippen LogP contribution in [0.3, 0.4) is 0 Å². The van der Waals surface area contributed by atoms with E-state index in [0.29, 0.717) is 25.8 Å². The number of nitrogens with one attached hydrogen (secondary N) is 1. The van der Waals surface area contributed by atoms with Crippen molar-refractivity contribution < 1.29 is 19.5 Å². The number of carbonyl (C=O) groups is 3. The zero-order valence-electron chi connectivity index (χ0n) is 9.36. The number of amides is 1. The number of nitrogens with two attached hydrogens (primary N) is 1. The van der Waals surface area contributed by atoms with Gasteiger partial charge in [-0.25, -0.2) is 0 Å². The van der Waals surface area contributed by atoms with Crippen molar-refractivity contribution in [3.05, 3.63) is 0 Å². The summed E-state index contributed by atoms with van der Waals surface area (Å²) in [6.45, 7) is 1.80. The van der Waals surface area contributed by atoms with E-state index in [0.717, 1.165) is 0 Å². The first-order chi connectivity index (χ1) is 7.43. The molecule has 0 heterocycles. The molecular weight excluding hydrogens is 212 g/mol. The zero-order valence-corrected chi connectivity index (χ0v) is 9.36. The van der Waals surface area contributed by atoms with Gasteiger partial charge in [0.05, 0.1) is 6.42 Å². The van der Waals surface area contributed by atoms with Crippen molar-refractivity contribution in [3.63, 3.8) is 0 Å². The lowest BCUT2D eigenvalue weighted by atomic mass is 10.1. The summed E-state index contributed by atoms with van der Waals surface area (Å²) in [5.74, 6) is -1.49. The summed E-state index contributed by atoms with van der Waals surface area (Å²) in [4.78, 5) is 31.9. The van der Waals surface area contributed by atoms with Crippen LogP contribution in [0.15, 0.2) is 0 Å². The summed E-state index contributed by atoms with van der Waals surface area (Å²) in [7, 11) is 0. The average molecular weight is 230 g/mol. The molecule has 6 nitrogen and oxygen atoms in total. The highest BCUT2D eigenvalue weighted by molar-refractivity contribution is 5.96. The number of ketones is 1. The van der Waals surface area contributed by atoms with Crippen LogP contribution in [-0.2, 0) is 14.4 Å². The van der Waals surface area contributed by atoms with Crippen LogP contribution < -0.4 is 11.1 Å². The molecule has 0 aromatic carbocycles. The van der Waals surface area contributed by atoms with Gasteiger partial charge in [0.25, 0.3) is 0 Å². The first-order valence-corrected chi connectivity index (χ1v) is 5.18. The van der Waals surface area contributed by atoms with Gasteiger partial charge in [-0.15, -0.1) is 0 Å². The van der Waals surface area contributed by atoms with E-state index in [2.05, 4.69) is 5.32 Å². The van der Waals surface area contributed by atoms with Gasteiger partial charge in [0.15, 0.2) is 0 Å². The molecule has 1 amide bonds. The minimum absolute atomic E-state index is 0.103. The summed E-state index contributed by atoms with van der Waals surface area (Å²) in [6.07, 6.45) is 1.57. The van der Waals surface area contributed by atoms with Crippen molar-refractivity contribution in [2.24, 2.45) is 5.73 Å². The normalized spacial score (nSPS) is 11.9. The van der Waals surface area contributed by atoms with Gasteiger partial charge in [0, 0.05) is 6.54 Å². The van der Waals surface area contributed by atoms with E-state index < -0.39 is 12.0 Å². The highest BCUT2D eigenvalue weighted by Crippen LogP contribution is 1.98. The van der Waals surface area contributed by atoms with Gasteiger partial charge < -0.3 is 16.2 Å². The molecule has 0 spiro atoms. The second-order valence-corrected chi connectivity index (χ2v) is 3.67.